The van der Waals surface area contributed by atoms with Gasteiger partial charge in [0, 0.05) is 5.92 Å². The summed E-state index contributed by atoms with van der Waals surface area (Å²) in [5.74, 6) is 2.74. The summed E-state index contributed by atoms with van der Waals surface area (Å²) in [5, 5.41) is 3.33. The Kier molecular flexibility index (Phi) is 2.03. The Bertz CT molecular complexity index is 373. The summed E-state index contributed by atoms with van der Waals surface area (Å²) in [6.07, 6.45) is 8.76. The van der Waals surface area contributed by atoms with Crippen LogP contribution in [-0.4, -0.2) is 10.9 Å². The van der Waals surface area contributed by atoms with Gasteiger partial charge < -0.3 is 5.32 Å². The molecule has 1 saturated carbocycles. The zero-order valence-corrected chi connectivity index (χ0v) is 7.73. The van der Waals surface area contributed by atoms with Crippen molar-refractivity contribution in [1.82, 2.24) is 4.98 Å². The SMILES string of the molecule is C#Cc1cnc(NC(=O)C2CC2)s1. The number of carbonyl (C=O) groups excluding carboxylic acids is 1. The number of thiazole rings is 1. The van der Waals surface area contributed by atoms with E-state index in [9.17, 15) is 4.79 Å². The predicted octanol–water partition coefficient (Wildman–Crippen LogP) is 1.47. The fraction of sp³-hybridized carbons (Fsp3) is 0.333. The smallest absolute Gasteiger partial charge is 0.229 e. The highest BCUT2D eigenvalue weighted by molar-refractivity contribution is 7.16. The first-order valence-electron chi connectivity index (χ1n) is 4.03. The number of aromatic nitrogens is 1. The van der Waals surface area contributed by atoms with E-state index in [2.05, 4.69) is 16.2 Å². The van der Waals surface area contributed by atoms with Gasteiger partial charge in [0.25, 0.3) is 0 Å². The second-order valence-corrected chi connectivity index (χ2v) is 3.97. The molecule has 66 valence electrons. The lowest BCUT2D eigenvalue weighted by Crippen LogP contribution is -2.12. The average Bonchev–Trinajstić information content (AvgIpc) is 2.88. The van der Waals surface area contributed by atoms with E-state index in [1.807, 2.05) is 0 Å². The van der Waals surface area contributed by atoms with E-state index >= 15 is 0 Å². The zero-order chi connectivity index (χ0) is 9.26. The number of hydrogen-bond donors (Lipinski definition) is 1. The standard InChI is InChI=1S/C9H8N2OS/c1-2-7-5-10-9(13-7)11-8(12)6-3-4-6/h1,5-6H,3-4H2,(H,10,11,12). The number of anilines is 1. The van der Waals surface area contributed by atoms with E-state index in [-0.39, 0.29) is 11.8 Å². The van der Waals surface area contributed by atoms with Gasteiger partial charge in [-0.25, -0.2) is 4.98 Å². The molecular weight excluding hydrogens is 184 g/mol. The van der Waals surface area contributed by atoms with E-state index in [0.29, 0.717) is 5.13 Å². The molecule has 0 unspecified atom stereocenters. The Morgan fingerprint density at radius 3 is 3.08 bits per heavy atom. The number of terminal acetylenes is 1. The van der Waals surface area contributed by atoms with Crippen molar-refractivity contribution in [2.75, 3.05) is 5.32 Å². The molecule has 1 fully saturated rings. The average molecular weight is 192 g/mol. The van der Waals surface area contributed by atoms with Crippen LogP contribution in [0.4, 0.5) is 5.13 Å². The van der Waals surface area contributed by atoms with Crippen molar-refractivity contribution < 1.29 is 4.79 Å². The third kappa shape index (κ3) is 1.87. The van der Waals surface area contributed by atoms with Crippen LogP contribution in [0.3, 0.4) is 0 Å². The molecule has 1 aliphatic rings. The lowest BCUT2D eigenvalue weighted by atomic mass is 10.4. The van der Waals surface area contributed by atoms with Gasteiger partial charge >= 0.3 is 0 Å². The van der Waals surface area contributed by atoms with E-state index in [4.69, 9.17) is 6.42 Å². The molecule has 0 spiro atoms. The molecule has 4 heteroatoms. The number of amides is 1. The molecule has 3 nitrogen and oxygen atoms in total. The Morgan fingerprint density at radius 1 is 1.77 bits per heavy atom. The van der Waals surface area contributed by atoms with Gasteiger partial charge in [0.1, 0.15) is 0 Å². The van der Waals surface area contributed by atoms with E-state index in [1.54, 1.807) is 6.20 Å². The Hall–Kier alpha value is -1.34. The molecule has 0 saturated heterocycles. The fourth-order valence-corrected chi connectivity index (χ4v) is 1.58. The van der Waals surface area contributed by atoms with E-state index in [1.165, 1.54) is 11.3 Å². The summed E-state index contributed by atoms with van der Waals surface area (Å²) in [5.41, 5.74) is 0. The molecule has 1 N–H and O–H groups in total. The van der Waals surface area contributed by atoms with Gasteiger partial charge in [-0.2, -0.15) is 0 Å². The topological polar surface area (TPSA) is 42.0 Å². The number of hydrogen-bond acceptors (Lipinski definition) is 3. The molecule has 2 rings (SSSR count). The molecule has 0 radical (unpaired) electrons. The summed E-state index contributed by atoms with van der Waals surface area (Å²) in [6.45, 7) is 0. The summed E-state index contributed by atoms with van der Waals surface area (Å²) in [6, 6.07) is 0. The van der Waals surface area contributed by atoms with Crippen LogP contribution in [-0.2, 0) is 4.79 Å². The van der Waals surface area contributed by atoms with Gasteiger partial charge in [-0.3, -0.25) is 4.79 Å². The lowest BCUT2D eigenvalue weighted by molar-refractivity contribution is -0.117. The quantitative estimate of drug-likeness (QED) is 0.721. The van der Waals surface area contributed by atoms with Gasteiger partial charge in [0.15, 0.2) is 5.13 Å². The van der Waals surface area contributed by atoms with Crippen molar-refractivity contribution in [3.63, 3.8) is 0 Å². The largest absolute Gasteiger partial charge is 0.302 e. The second kappa shape index (κ2) is 3.19. The predicted molar refractivity (Wildman–Crippen MR) is 51.4 cm³/mol. The number of carbonyl (C=O) groups is 1. The first-order valence-corrected chi connectivity index (χ1v) is 4.84. The molecule has 0 aromatic carbocycles. The maximum Gasteiger partial charge on any atom is 0.229 e. The molecule has 1 aromatic rings. The highest BCUT2D eigenvalue weighted by Crippen LogP contribution is 2.30. The first-order chi connectivity index (χ1) is 6.29. The van der Waals surface area contributed by atoms with Crippen molar-refractivity contribution in [3.8, 4) is 12.3 Å². The Labute approximate surface area is 80.2 Å². The molecule has 13 heavy (non-hydrogen) atoms. The highest BCUT2D eigenvalue weighted by Gasteiger charge is 2.29. The first kappa shape index (κ1) is 8.27. The zero-order valence-electron chi connectivity index (χ0n) is 6.91. The van der Waals surface area contributed by atoms with Gasteiger partial charge in [0.05, 0.1) is 11.1 Å². The maximum atomic E-state index is 11.3. The van der Waals surface area contributed by atoms with Gasteiger partial charge in [-0.1, -0.05) is 17.3 Å². The highest BCUT2D eigenvalue weighted by atomic mass is 32.1. The van der Waals surface area contributed by atoms with Crippen LogP contribution in [0.1, 0.15) is 17.7 Å². The second-order valence-electron chi connectivity index (χ2n) is 2.94. The fourth-order valence-electron chi connectivity index (χ4n) is 0.952. The Balaban J connectivity index is 2.01. The number of nitrogens with one attached hydrogen (secondary N) is 1. The Morgan fingerprint density at radius 2 is 2.54 bits per heavy atom. The monoisotopic (exact) mass is 192 g/mol. The molecule has 0 aliphatic heterocycles. The maximum absolute atomic E-state index is 11.3. The van der Waals surface area contributed by atoms with Crippen LogP contribution in [0.25, 0.3) is 0 Å². The van der Waals surface area contributed by atoms with Crippen LogP contribution >= 0.6 is 11.3 Å². The molecule has 0 atom stereocenters. The van der Waals surface area contributed by atoms with Crippen molar-refractivity contribution in [2.24, 2.45) is 5.92 Å². The normalized spacial score (nSPS) is 15.0. The van der Waals surface area contributed by atoms with E-state index < -0.39 is 0 Å². The summed E-state index contributed by atoms with van der Waals surface area (Å²) < 4.78 is 0. The summed E-state index contributed by atoms with van der Waals surface area (Å²) in [4.78, 5) is 16.0. The van der Waals surface area contributed by atoms with Crippen LogP contribution in [0.15, 0.2) is 6.20 Å². The lowest BCUT2D eigenvalue weighted by Gasteiger charge is -1.96. The van der Waals surface area contributed by atoms with Crippen LogP contribution < -0.4 is 5.32 Å². The molecule has 1 aromatic heterocycles. The minimum absolute atomic E-state index is 0.0675. The summed E-state index contributed by atoms with van der Waals surface area (Å²) in [7, 11) is 0. The van der Waals surface area contributed by atoms with Crippen LogP contribution in [0.5, 0.6) is 0 Å². The molecule has 1 aliphatic carbocycles. The number of rotatable bonds is 2. The van der Waals surface area contributed by atoms with Crippen LogP contribution in [0.2, 0.25) is 0 Å². The minimum Gasteiger partial charge on any atom is -0.302 e. The third-order valence-corrected chi connectivity index (χ3v) is 2.67. The van der Waals surface area contributed by atoms with Crippen LogP contribution in [0, 0.1) is 18.3 Å². The van der Waals surface area contributed by atoms with Crippen molar-refractivity contribution in [2.45, 2.75) is 12.8 Å². The van der Waals surface area contributed by atoms with Gasteiger partial charge in [-0.15, -0.1) is 6.42 Å². The van der Waals surface area contributed by atoms with Crippen molar-refractivity contribution >= 4 is 22.4 Å². The third-order valence-electron chi connectivity index (χ3n) is 1.83. The molecular formula is C9H8N2OS. The van der Waals surface area contributed by atoms with E-state index in [0.717, 1.165) is 17.7 Å². The molecule has 0 bridgehead atoms. The molecule has 1 amide bonds. The summed E-state index contributed by atoms with van der Waals surface area (Å²) >= 11 is 1.33. The van der Waals surface area contributed by atoms with Crippen molar-refractivity contribution in [1.29, 1.82) is 0 Å². The van der Waals surface area contributed by atoms with Gasteiger partial charge in [0.2, 0.25) is 5.91 Å². The van der Waals surface area contributed by atoms with Gasteiger partial charge in [-0.05, 0) is 12.8 Å². The minimum atomic E-state index is 0.0675. The van der Waals surface area contributed by atoms with Crippen molar-refractivity contribution in [3.05, 3.63) is 11.1 Å². The molecule has 1 heterocycles. The number of nitrogens with zero attached hydrogens (tertiary/aromatic N) is 1.